The zero-order valence-electron chi connectivity index (χ0n) is 22.3. The lowest BCUT2D eigenvalue weighted by Gasteiger charge is -2.34. The van der Waals surface area contributed by atoms with E-state index in [-0.39, 0.29) is 29.5 Å². The van der Waals surface area contributed by atoms with E-state index in [0.717, 1.165) is 32.5 Å². The summed E-state index contributed by atoms with van der Waals surface area (Å²) < 4.78 is 0. The van der Waals surface area contributed by atoms with E-state index in [1.165, 1.54) is 11.8 Å². The van der Waals surface area contributed by atoms with Crippen LogP contribution in [0.4, 0.5) is 0 Å². The van der Waals surface area contributed by atoms with Crippen molar-refractivity contribution in [1.82, 2.24) is 25.0 Å². The van der Waals surface area contributed by atoms with Crippen LogP contribution in [0.2, 0.25) is 0 Å². The van der Waals surface area contributed by atoms with E-state index in [9.17, 15) is 14.4 Å². The van der Waals surface area contributed by atoms with Gasteiger partial charge in [-0.2, -0.15) is 5.26 Å². The standard InChI is InChI=1S/C31H32N6O3/c32-20-23-6-8-24(9-7-23)22-35-14-12-27(13-15-35)34-29(38)28-11-10-26(21-33-28)31(40)37-18-16-36(17-19-37)30(39)25-4-2-1-3-5-25/h1-11,21,27H,12-19,22H2,(H,34,38). The minimum absolute atomic E-state index is 0.0262. The molecule has 3 aromatic rings. The highest BCUT2D eigenvalue weighted by molar-refractivity contribution is 5.97. The highest BCUT2D eigenvalue weighted by Gasteiger charge is 2.26. The molecule has 0 saturated carbocycles. The van der Waals surface area contributed by atoms with Crippen molar-refractivity contribution in [2.24, 2.45) is 0 Å². The molecular weight excluding hydrogens is 504 g/mol. The summed E-state index contributed by atoms with van der Waals surface area (Å²) in [6.07, 6.45) is 3.15. The Morgan fingerprint density at radius 2 is 1.43 bits per heavy atom. The van der Waals surface area contributed by atoms with E-state index in [1.807, 2.05) is 42.5 Å². The van der Waals surface area contributed by atoms with Crippen LogP contribution in [0.5, 0.6) is 0 Å². The predicted octanol–water partition coefficient (Wildman–Crippen LogP) is 2.95. The third kappa shape index (κ3) is 6.53. The first-order chi connectivity index (χ1) is 19.5. The Bertz CT molecular complexity index is 1370. The molecule has 204 valence electrons. The van der Waals surface area contributed by atoms with Crippen molar-refractivity contribution in [1.29, 1.82) is 5.26 Å². The van der Waals surface area contributed by atoms with E-state index < -0.39 is 0 Å². The van der Waals surface area contributed by atoms with Gasteiger partial charge in [-0.25, -0.2) is 0 Å². The van der Waals surface area contributed by atoms with Crippen LogP contribution in [-0.4, -0.2) is 82.7 Å². The average Bonchev–Trinajstić information content (AvgIpc) is 3.02. The molecule has 9 nitrogen and oxygen atoms in total. The second-order valence-electron chi connectivity index (χ2n) is 10.2. The topological polar surface area (TPSA) is 110 Å². The molecule has 3 heterocycles. The number of carbonyl (C=O) groups is 3. The van der Waals surface area contributed by atoms with Gasteiger partial charge in [0.2, 0.25) is 0 Å². The number of likely N-dealkylation sites (tertiary alicyclic amines) is 1. The molecule has 9 heteroatoms. The Labute approximate surface area is 234 Å². The summed E-state index contributed by atoms with van der Waals surface area (Å²) in [5.41, 5.74) is 3.19. The molecule has 1 aromatic heterocycles. The lowest BCUT2D eigenvalue weighted by molar-refractivity contribution is 0.0535. The zero-order valence-corrected chi connectivity index (χ0v) is 22.3. The van der Waals surface area contributed by atoms with E-state index >= 15 is 0 Å². The molecule has 2 saturated heterocycles. The fraction of sp³-hybridized carbons (Fsp3) is 0.323. The molecule has 0 unspecified atom stereocenters. The first kappa shape index (κ1) is 27.0. The fourth-order valence-electron chi connectivity index (χ4n) is 5.15. The molecule has 0 spiro atoms. The van der Waals surface area contributed by atoms with Crippen LogP contribution in [0.1, 0.15) is 55.2 Å². The van der Waals surface area contributed by atoms with Crippen molar-refractivity contribution in [2.45, 2.75) is 25.4 Å². The van der Waals surface area contributed by atoms with Crippen molar-refractivity contribution in [3.05, 3.63) is 101 Å². The first-order valence-electron chi connectivity index (χ1n) is 13.6. The summed E-state index contributed by atoms with van der Waals surface area (Å²) in [7, 11) is 0. The highest BCUT2D eigenvalue weighted by atomic mass is 16.2. The number of amides is 3. The van der Waals surface area contributed by atoms with Crippen LogP contribution in [-0.2, 0) is 6.54 Å². The second kappa shape index (κ2) is 12.5. The Morgan fingerprint density at radius 1 is 0.800 bits per heavy atom. The maximum atomic E-state index is 13.0. The Kier molecular flexibility index (Phi) is 8.47. The van der Waals surface area contributed by atoms with Crippen LogP contribution < -0.4 is 5.32 Å². The van der Waals surface area contributed by atoms with Crippen molar-refractivity contribution >= 4 is 17.7 Å². The minimum Gasteiger partial charge on any atom is -0.348 e. The van der Waals surface area contributed by atoms with Crippen LogP contribution in [0.15, 0.2) is 72.9 Å². The molecule has 2 fully saturated rings. The maximum absolute atomic E-state index is 13.0. The lowest BCUT2D eigenvalue weighted by atomic mass is 10.0. The maximum Gasteiger partial charge on any atom is 0.270 e. The van der Waals surface area contributed by atoms with Crippen LogP contribution in [0.25, 0.3) is 0 Å². The lowest BCUT2D eigenvalue weighted by Crippen LogP contribution is -2.50. The third-order valence-corrected chi connectivity index (χ3v) is 7.53. The summed E-state index contributed by atoms with van der Waals surface area (Å²) >= 11 is 0. The van der Waals surface area contributed by atoms with Gasteiger partial charge in [-0.15, -0.1) is 0 Å². The average molecular weight is 537 g/mol. The largest absolute Gasteiger partial charge is 0.348 e. The van der Waals surface area contributed by atoms with E-state index in [0.29, 0.717) is 42.9 Å². The molecule has 2 aliphatic heterocycles. The number of pyridine rings is 1. The molecule has 0 atom stereocenters. The number of carbonyl (C=O) groups excluding carboxylic acids is 3. The first-order valence-corrected chi connectivity index (χ1v) is 13.6. The van der Waals surface area contributed by atoms with Crippen LogP contribution in [0, 0.1) is 11.3 Å². The number of rotatable bonds is 6. The number of nitriles is 1. The number of hydrogen-bond acceptors (Lipinski definition) is 6. The van der Waals surface area contributed by atoms with Gasteiger partial charge in [-0.1, -0.05) is 30.3 Å². The van der Waals surface area contributed by atoms with E-state index in [4.69, 9.17) is 5.26 Å². The number of benzene rings is 2. The smallest absolute Gasteiger partial charge is 0.270 e. The predicted molar refractivity (Wildman–Crippen MR) is 149 cm³/mol. The van der Waals surface area contributed by atoms with Crippen molar-refractivity contribution in [3.8, 4) is 6.07 Å². The number of nitrogens with one attached hydrogen (secondary N) is 1. The molecule has 40 heavy (non-hydrogen) atoms. The Morgan fingerprint density at radius 3 is 2.00 bits per heavy atom. The number of piperazine rings is 1. The molecule has 0 bridgehead atoms. The molecule has 2 aliphatic rings. The molecule has 3 amide bonds. The summed E-state index contributed by atoms with van der Waals surface area (Å²) in [5.74, 6) is -0.416. The van der Waals surface area contributed by atoms with Crippen molar-refractivity contribution in [2.75, 3.05) is 39.3 Å². The molecule has 1 N–H and O–H groups in total. The summed E-state index contributed by atoms with van der Waals surface area (Å²) in [5, 5.41) is 12.0. The van der Waals surface area contributed by atoms with Gasteiger partial charge in [-0.05, 0) is 54.8 Å². The van der Waals surface area contributed by atoms with Gasteiger partial charge in [-0.3, -0.25) is 24.3 Å². The fourth-order valence-corrected chi connectivity index (χ4v) is 5.15. The van der Waals surface area contributed by atoms with Gasteiger partial charge in [0, 0.05) is 63.6 Å². The minimum atomic E-state index is -0.238. The zero-order chi connectivity index (χ0) is 27.9. The van der Waals surface area contributed by atoms with E-state index in [2.05, 4.69) is 21.3 Å². The monoisotopic (exact) mass is 536 g/mol. The van der Waals surface area contributed by atoms with Gasteiger partial charge in [0.25, 0.3) is 17.7 Å². The molecule has 2 aromatic carbocycles. The number of nitrogens with zero attached hydrogens (tertiary/aromatic N) is 5. The van der Waals surface area contributed by atoms with Crippen molar-refractivity contribution in [3.63, 3.8) is 0 Å². The number of piperidine rings is 1. The summed E-state index contributed by atoms with van der Waals surface area (Å²) in [6.45, 7) is 4.40. The van der Waals surface area contributed by atoms with Gasteiger partial charge in [0.15, 0.2) is 0 Å². The Balaban J connectivity index is 1.07. The normalized spacial score (nSPS) is 16.3. The number of hydrogen-bond donors (Lipinski definition) is 1. The van der Waals surface area contributed by atoms with Crippen LogP contribution >= 0.6 is 0 Å². The second-order valence-corrected chi connectivity index (χ2v) is 10.2. The number of aromatic nitrogens is 1. The van der Waals surface area contributed by atoms with E-state index in [1.54, 1.807) is 34.1 Å². The summed E-state index contributed by atoms with van der Waals surface area (Å²) in [6, 6.07) is 22.2. The van der Waals surface area contributed by atoms with Gasteiger partial charge in [0.1, 0.15) is 5.69 Å². The SMILES string of the molecule is N#Cc1ccc(CN2CCC(NC(=O)c3ccc(C(=O)N4CCN(C(=O)c5ccccc5)CC4)cn3)CC2)cc1. The van der Waals surface area contributed by atoms with Gasteiger partial charge < -0.3 is 15.1 Å². The quantitative estimate of drug-likeness (QED) is 0.519. The highest BCUT2D eigenvalue weighted by Crippen LogP contribution is 2.16. The molecular formula is C31H32N6O3. The van der Waals surface area contributed by atoms with Gasteiger partial charge >= 0.3 is 0 Å². The van der Waals surface area contributed by atoms with Crippen LogP contribution in [0.3, 0.4) is 0 Å². The Hall–Kier alpha value is -4.55. The van der Waals surface area contributed by atoms with Gasteiger partial charge in [0.05, 0.1) is 17.2 Å². The third-order valence-electron chi connectivity index (χ3n) is 7.53. The molecule has 0 radical (unpaired) electrons. The molecule has 0 aliphatic carbocycles. The molecule has 5 rings (SSSR count). The summed E-state index contributed by atoms with van der Waals surface area (Å²) in [4.78, 5) is 48.6. The van der Waals surface area contributed by atoms with Crippen molar-refractivity contribution < 1.29 is 14.4 Å².